The molecule has 0 spiro atoms. The van der Waals surface area contributed by atoms with E-state index in [1.807, 2.05) is 0 Å². The van der Waals surface area contributed by atoms with Crippen molar-refractivity contribution in [1.29, 1.82) is 0 Å². The van der Waals surface area contributed by atoms with Crippen LogP contribution in [0.1, 0.15) is 13.8 Å². The van der Waals surface area contributed by atoms with Crippen LogP contribution in [-0.2, 0) is 0 Å². The fraction of sp³-hybridized carbons (Fsp3) is 0.333. The molecule has 0 bridgehead atoms. The molecular weight excluding hydrogens is 159 g/mol. The summed E-state index contributed by atoms with van der Waals surface area (Å²) < 4.78 is 0. The van der Waals surface area contributed by atoms with Crippen LogP contribution in [0, 0.1) is 0 Å². The van der Waals surface area contributed by atoms with Gasteiger partial charge in [-0.15, -0.1) is 0 Å². The molecule has 0 aromatic carbocycles. The summed E-state index contributed by atoms with van der Waals surface area (Å²) in [5.74, 6) is 0. The van der Waals surface area contributed by atoms with E-state index in [-0.39, 0.29) is 14.9 Å². The van der Waals surface area contributed by atoms with E-state index < -0.39 is 7.12 Å². The van der Waals surface area contributed by atoms with E-state index in [2.05, 4.69) is 0 Å². The maximum atomic E-state index is 9.22. The van der Waals surface area contributed by atoms with Crippen molar-refractivity contribution < 1.29 is 15.2 Å². The summed E-state index contributed by atoms with van der Waals surface area (Å²) in [6.07, 6.45) is 0. The Balaban J connectivity index is 2.93. The highest BCUT2D eigenvalue weighted by Gasteiger charge is 2.26. The highest BCUT2D eigenvalue weighted by molar-refractivity contribution is 6.77. The van der Waals surface area contributed by atoms with Gasteiger partial charge in [0.1, 0.15) is 0 Å². The second-order valence-electron chi connectivity index (χ2n) is 2.51. The third-order valence-corrected chi connectivity index (χ3v) is 3.35. The van der Waals surface area contributed by atoms with Gasteiger partial charge in [-0.1, -0.05) is 5.57 Å². The fourth-order valence-corrected chi connectivity index (χ4v) is 2.09. The van der Waals surface area contributed by atoms with Gasteiger partial charge in [-0.2, -0.15) is 0 Å². The van der Waals surface area contributed by atoms with Crippen LogP contribution in [0.5, 0.6) is 0 Å². The monoisotopic (exact) mass is 168 g/mol. The molecule has 1 aliphatic rings. The van der Waals surface area contributed by atoms with Crippen molar-refractivity contribution >= 4 is 16.6 Å². The summed E-state index contributed by atoms with van der Waals surface area (Å²) in [7, 11) is -1.39. The summed E-state index contributed by atoms with van der Waals surface area (Å²) in [6, 6.07) is 0. The van der Waals surface area contributed by atoms with Gasteiger partial charge in [-0.3, -0.25) is 0 Å². The molecule has 5 heteroatoms. The maximum Gasteiger partial charge on any atom is 0.480 e. The molecule has 0 aromatic heterocycles. The Hall–Kier alpha value is -0.518. The van der Waals surface area contributed by atoms with Gasteiger partial charge >= 0.3 is 7.12 Å². The summed E-state index contributed by atoms with van der Waals surface area (Å²) in [5, 5.41) is 27.7. The highest BCUT2D eigenvalue weighted by Crippen LogP contribution is 2.24. The zero-order chi connectivity index (χ0) is 8.59. The zero-order valence-corrected chi connectivity index (χ0v) is 7.42. The average molecular weight is 168 g/mol. The number of hydrogen-bond donors (Lipinski definition) is 3. The van der Waals surface area contributed by atoms with Gasteiger partial charge in [-0.25, -0.2) is 0 Å². The summed E-state index contributed by atoms with van der Waals surface area (Å²) >= 11 is 0. The van der Waals surface area contributed by atoms with Gasteiger partial charge in [0, 0.05) is 0 Å². The predicted octanol–water partition coefficient (Wildman–Crippen LogP) is -0.220. The van der Waals surface area contributed by atoms with Crippen LogP contribution >= 0.6 is 0 Å². The first-order valence-corrected chi connectivity index (χ1v) is 4.28. The third kappa shape index (κ3) is 1.40. The Morgan fingerprint density at radius 3 is 1.91 bits per heavy atom. The summed E-state index contributed by atoms with van der Waals surface area (Å²) in [5.41, 5.74) is 1.57. The molecule has 0 saturated carbocycles. The number of hydrogen-bond acceptors (Lipinski definition) is 3. The number of allylic oxidation sites excluding steroid dienone is 2. The van der Waals surface area contributed by atoms with E-state index in [1.54, 1.807) is 13.8 Å². The van der Waals surface area contributed by atoms with Crippen LogP contribution < -0.4 is 0 Å². The molecule has 1 aliphatic heterocycles. The van der Waals surface area contributed by atoms with E-state index in [0.29, 0.717) is 5.10 Å². The van der Waals surface area contributed by atoms with Crippen molar-refractivity contribution in [2.24, 2.45) is 0 Å². The van der Waals surface area contributed by atoms with Crippen LogP contribution in [0.2, 0.25) is 0 Å². The first kappa shape index (κ1) is 8.58. The molecule has 0 amide bonds. The molecule has 1 rings (SSSR count). The zero-order valence-electron chi connectivity index (χ0n) is 6.42. The van der Waals surface area contributed by atoms with E-state index in [9.17, 15) is 5.11 Å². The Bertz CT molecular complexity index is 244. The minimum atomic E-state index is -1.42. The normalized spacial score (nSPS) is 18.2. The van der Waals surface area contributed by atoms with Gasteiger partial charge in [0.05, 0.1) is 5.38 Å². The molecule has 2 radical (unpaired) electrons. The number of rotatable bonds is 1. The minimum Gasteiger partial charge on any atom is -0.517 e. The van der Waals surface area contributed by atoms with E-state index in [4.69, 9.17) is 10.0 Å². The maximum absolute atomic E-state index is 9.22. The largest absolute Gasteiger partial charge is 0.517 e. The highest BCUT2D eigenvalue weighted by atomic mass is 28.2. The van der Waals surface area contributed by atoms with Crippen molar-refractivity contribution in [3.8, 4) is 0 Å². The predicted molar refractivity (Wildman–Crippen MR) is 44.0 cm³/mol. The van der Waals surface area contributed by atoms with Gasteiger partial charge in [0.25, 0.3) is 0 Å². The lowest BCUT2D eigenvalue weighted by atomic mass is 9.86. The topological polar surface area (TPSA) is 60.7 Å². The molecule has 0 aliphatic carbocycles. The lowest BCUT2D eigenvalue weighted by molar-refractivity contribution is 0.421. The lowest BCUT2D eigenvalue weighted by Crippen LogP contribution is -2.20. The smallest absolute Gasteiger partial charge is 0.480 e. The van der Waals surface area contributed by atoms with Crippen molar-refractivity contribution in [2.45, 2.75) is 13.8 Å². The van der Waals surface area contributed by atoms with E-state index in [1.165, 1.54) is 0 Å². The van der Waals surface area contributed by atoms with Crippen molar-refractivity contribution in [3.05, 3.63) is 21.6 Å². The first-order valence-electron chi connectivity index (χ1n) is 3.28. The Morgan fingerprint density at radius 2 is 1.73 bits per heavy atom. The molecule has 58 valence electrons. The van der Waals surface area contributed by atoms with Gasteiger partial charge < -0.3 is 15.2 Å². The number of aliphatic hydroxyl groups is 1. The second-order valence-corrected chi connectivity index (χ2v) is 3.77. The molecule has 0 unspecified atom stereocenters. The summed E-state index contributed by atoms with van der Waals surface area (Å²) in [4.78, 5) is 0. The molecule has 11 heavy (non-hydrogen) atoms. The molecule has 3 N–H and O–H groups in total. The molecule has 0 saturated heterocycles. The molecule has 1 heterocycles. The Morgan fingerprint density at radius 1 is 1.18 bits per heavy atom. The van der Waals surface area contributed by atoms with Crippen LogP contribution in [0.25, 0.3) is 0 Å². The number of aliphatic hydroxyl groups excluding tert-OH is 1. The Labute approximate surface area is 68.0 Å². The van der Waals surface area contributed by atoms with Crippen LogP contribution in [0.3, 0.4) is 0 Å². The molecule has 0 fully saturated rings. The van der Waals surface area contributed by atoms with Crippen LogP contribution in [-0.4, -0.2) is 31.8 Å². The van der Waals surface area contributed by atoms with Crippen molar-refractivity contribution in [1.82, 2.24) is 0 Å². The van der Waals surface area contributed by atoms with Gasteiger partial charge in [0.15, 0.2) is 9.52 Å². The Kier molecular flexibility index (Phi) is 2.22. The van der Waals surface area contributed by atoms with E-state index >= 15 is 0 Å². The van der Waals surface area contributed by atoms with Crippen LogP contribution in [0.15, 0.2) is 21.6 Å². The fourth-order valence-electron chi connectivity index (χ4n) is 0.953. The van der Waals surface area contributed by atoms with Crippen molar-refractivity contribution in [3.63, 3.8) is 0 Å². The van der Waals surface area contributed by atoms with Gasteiger partial charge in [-0.05, 0) is 24.5 Å². The molecule has 0 aromatic rings. The van der Waals surface area contributed by atoms with Crippen LogP contribution in [0.4, 0.5) is 0 Å². The van der Waals surface area contributed by atoms with Crippen molar-refractivity contribution in [2.75, 3.05) is 0 Å². The molecule has 0 atom stereocenters. The van der Waals surface area contributed by atoms with E-state index in [0.717, 1.165) is 11.1 Å². The first-order chi connectivity index (χ1) is 5.04. The average Bonchev–Trinajstić information content (AvgIpc) is 2.17. The summed E-state index contributed by atoms with van der Waals surface area (Å²) in [6.45, 7) is 3.55. The van der Waals surface area contributed by atoms with Gasteiger partial charge in [0.2, 0.25) is 0 Å². The standard InChI is InChI=1S/C6H9BO3Si/c1-3-4(2)6(8)11-5(3)7(9)10/h8-10H,1-2H3. The second kappa shape index (κ2) is 2.85. The quantitative estimate of drug-likeness (QED) is 0.474. The third-order valence-electron chi connectivity index (χ3n) is 1.83. The lowest BCUT2D eigenvalue weighted by Gasteiger charge is -2.00. The SMILES string of the molecule is CC1=C(O)[Si]C(B(O)O)=C1C. The molecular formula is C6H9BO3Si. The molecule has 3 nitrogen and oxygen atoms in total. The minimum absolute atomic E-state index is 0.0293.